The Morgan fingerprint density at radius 3 is 2.48 bits per heavy atom. The van der Waals surface area contributed by atoms with Gasteiger partial charge in [0.05, 0.1) is 28.5 Å². The Hall–Kier alpha value is -2.16. The molecule has 1 amide bonds. The van der Waals surface area contributed by atoms with Crippen molar-refractivity contribution in [2.45, 2.75) is 12.5 Å². The zero-order valence-electron chi connectivity index (χ0n) is 15.6. The van der Waals surface area contributed by atoms with Gasteiger partial charge in [0.1, 0.15) is 12.4 Å². The predicted octanol–water partition coefficient (Wildman–Crippen LogP) is 3.49. The van der Waals surface area contributed by atoms with E-state index in [1.165, 1.54) is 4.31 Å². The number of carbonyl (C=O) groups is 1. The first-order valence-corrected chi connectivity index (χ1v) is 11.4. The second-order valence-electron chi connectivity index (χ2n) is 6.55. The molecular formula is C19H20Cl2N2O5S. The highest BCUT2D eigenvalue weighted by atomic mass is 35.5. The van der Waals surface area contributed by atoms with Crippen molar-refractivity contribution in [2.75, 3.05) is 30.3 Å². The van der Waals surface area contributed by atoms with E-state index in [4.69, 9.17) is 32.7 Å². The molecule has 1 N–H and O–H groups in total. The van der Waals surface area contributed by atoms with E-state index in [2.05, 4.69) is 5.32 Å². The van der Waals surface area contributed by atoms with Gasteiger partial charge in [-0.15, -0.1) is 0 Å². The van der Waals surface area contributed by atoms with Crippen LogP contribution in [0.1, 0.15) is 5.56 Å². The van der Waals surface area contributed by atoms with Gasteiger partial charge in [0.25, 0.3) is 0 Å². The van der Waals surface area contributed by atoms with Crippen LogP contribution in [0.4, 0.5) is 10.5 Å². The van der Waals surface area contributed by atoms with Gasteiger partial charge in [-0.3, -0.25) is 4.31 Å². The smallest absolute Gasteiger partial charge is 0.407 e. The van der Waals surface area contributed by atoms with Crippen molar-refractivity contribution in [2.24, 2.45) is 0 Å². The van der Waals surface area contributed by atoms with Gasteiger partial charge in [-0.1, -0.05) is 29.3 Å². The number of halogens is 2. The van der Waals surface area contributed by atoms with Crippen molar-refractivity contribution < 1.29 is 22.7 Å². The number of nitrogens with zero attached hydrogens (tertiary/aromatic N) is 1. The monoisotopic (exact) mass is 458 g/mol. The number of amides is 1. The van der Waals surface area contributed by atoms with E-state index < -0.39 is 16.1 Å². The Kier molecular flexibility index (Phi) is 6.77. The quantitative estimate of drug-likeness (QED) is 0.654. The van der Waals surface area contributed by atoms with Gasteiger partial charge >= 0.3 is 6.09 Å². The highest BCUT2D eigenvalue weighted by Gasteiger charge is 2.23. The van der Waals surface area contributed by atoms with Crippen molar-refractivity contribution in [1.29, 1.82) is 0 Å². The number of hydrogen-bond acceptors (Lipinski definition) is 5. The minimum absolute atomic E-state index is 0.213. The van der Waals surface area contributed by atoms with Gasteiger partial charge < -0.3 is 14.8 Å². The van der Waals surface area contributed by atoms with Gasteiger partial charge in [0.15, 0.2) is 6.10 Å². The zero-order chi connectivity index (χ0) is 21.0. The van der Waals surface area contributed by atoms with Gasteiger partial charge in [0, 0.05) is 6.54 Å². The molecule has 1 aliphatic heterocycles. The average molecular weight is 459 g/mol. The Bertz CT molecular complexity index is 983. The van der Waals surface area contributed by atoms with Crippen LogP contribution < -0.4 is 14.4 Å². The number of sulfonamides is 1. The summed E-state index contributed by atoms with van der Waals surface area (Å²) in [6.45, 7) is 0.861. The summed E-state index contributed by atoms with van der Waals surface area (Å²) in [4.78, 5) is 11.0. The summed E-state index contributed by atoms with van der Waals surface area (Å²) in [6.07, 6.45) is 0.830. The molecule has 0 radical (unpaired) electrons. The number of carbonyl (C=O) groups excluding carboxylic acids is 1. The van der Waals surface area contributed by atoms with Crippen LogP contribution in [0.5, 0.6) is 5.75 Å². The molecule has 156 valence electrons. The molecule has 10 heteroatoms. The standard InChI is InChI=1S/C19H20Cl2N2O5S/c1-29(25,26)23(9-8-13-2-7-17(20)18(21)10-13)14-3-5-15(6-4-14)27-12-16-11-22-19(24)28-16/h2-7,10,16H,8-9,11-12H2,1H3,(H,22,24). The minimum atomic E-state index is -3.48. The fourth-order valence-corrected chi connectivity index (χ4v) is 4.08. The van der Waals surface area contributed by atoms with Crippen LogP contribution in [0.3, 0.4) is 0 Å². The first-order chi connectivity index (χ1) is 13.7. The maximum Gasteiger partial charge on any atom is 0.407 e. The second-order valence-corrected chi connectivity index (χ2v) is 9.27. The van der Waals surface area contributed by atoms with Crippen LogP contribution in [0.25, 0.3) is 0 Å². The van der Waals surface area contributed by atoms with Gasteiger partial charge in [0.2, 0.25) is 10.0 Å². The van der Waals surface area contributed by atoms with Crippen molar-refractivity contribution in [3.63, 3.8) is 0 Å². The molecular weight excluding hydrogens is 439 g/mol. The van der Waals surface area contributed by atoms with E-state index in [-0.39, 0.29) is 19.3 Å². The molecule has 0 aromatic heterocycles. The second kappa shape index (κ2) is 9.11. The summed E-state index contributed by atoms with van der Waals surface area (Å²) < 4.78 is 36.5. The van der Waals surface area contributed by atoms with E-state index in [9.17, 15) is 13.2 Å². The average Bonchev–Trinajstić information content (AvgIpc) is 3.08. The topological polar surface area (TPSA) is 84.9 Å². The number of cyclic esters (lactones) is 1. The number of rotatable bonds is 8. The molecule has 7 nitrogen and oxygen atoms in total. The third kappa shape index (κ3) is 5.91. The van der Waals surface area contributed by atoms with Gasteiger partial charge in [-0.2, -0.15) is 0 Å². The molecule has 1 fully saturated rings. The van der Waals surface area contributed by atoms with Crippen molar-refractivity contribution in [1.82, 2.24) is 5.32 Å². The highest BCUT2D eigenvalue weighted by Crippen LogP contribution is 2.25. The lowest BCUT2D eigenvalue weighted by atomic mass is 10.1. The predicted molar refractivity (Wildman–Crippen MR) is 113 cm³/mol. The van der Waals surface area contributed by atoms with Crippen LogP contribution in [-0.2, 0) is 21.2 Å². The Morgan fingerprint density at radius 1 is 1.17 bits per heavy atom. The molecule has 1 atom stereocenters. The molecule has 3 rings (SSSR count). The van der Waals surface area contributed by atoms with Crippen molar-refractivity contribution >= 4 is 45.0 Å². The zero-order valence-corrected chi connectivity index (χ0v) is 17.9. The van der Waals surface area contributed by atoms with Gasteiger partial charge in [-0.25, -0.2) is 13.2 Å². The maximum absolute atomic E-state index is 12.3. The first-order valence-electron chi connectivity index (χ1n) is 8.81. The van der Waals surface area contributed by atoms with Crippen LogP contribution in [0, 0.1) is 0 Å². The molecule has 1 aliphatic rings. The summed E-state index contributed by atoms with van der Waals surface area (Å²) in [5, 5.41) is 3.43. The normalized spacial score (nSPS) is 16.2. The largest absolute Gasteiger partial charge is 0.490 e. The molecule has 29 heavy (non-hydrogen) atoms. The summed E-state index contributed by atoms with van der Waals surface area (Å²) in [5.41, 5.74) is 1.40. The third-order valence-electron chi connectivity index (χ3n) is 4.30. The van der Waals surface area contributed by atoms with Crippen molar-refractivity contribution in [3.8, 4) is 5.75 Å². The lowest BCUT2D eigenvalue weighted by Gasteiger charge is -2.23. The summed E-state index contributed by atoms with van der Waals surface area (Å²) >= 11 is 12.0. The van der Waals surface area contributed by atoms with E-state index >= 15 is 0 Å². The molecule has 2 aromatic carbocycles. The number of anilines is 1. The highest BCUT2D eigenvalue weighted by molar-refractivity contribution is 7.92. The van der Waals surface area contributed by atoms with E-state index in [1.807, 2.05) is 6.07 Å². The number of benzene rings is 2. The molecule has 1 saturated heterocycles. The summed E-state index contributed by atoms with van der Waals surface area (Å²) in [7, 11) is -3.48. The molecule has 0 saturated carbocycles. The SMILES string of the molecule is CS(=O)(=O)N(CCc1ccc(Cl)c(Cl)c1)c1ccc(OCC2CNC(=O)O2)cc1. The summed E-state index contributed by atoms with van der Waals surface area (Å²) in [5.74, 6) is 0.551. The molecule has 0 aliphatic carbocycles. The lowest BCUT2D eigenvalue weighted by Crippen LogP contribution is -2.31. The maximum atomic E-state index is 12.3. The van der Waals surface area contributed by atoms with E-state index in [0.717, 1.165) is 11.8 Å². The van der Waals surface area contributed by atoms with Crippen molar-refractivity contribution in [3.05, 3.63) is 58.1 Å². The van der Waals surface area contributed by atoms with E-state index in [0.29, 0.717) is 34.4 Å². The van der Waals surface area contributed by atoms with Crippen LogP contribution in [0.2, 0.25) is 10.0 Å². The molecule has 0 spiro atoms. The molecule has 2 aromatic rings. The molecule has 0 bridgehead atoms. The van der Waals surface area contributed by atoms with Crippen LogP contribution in [-0.4, -0.2) is 46.6 Å². The molecule has 1 heterocycles. The van der Waals surface area contributed by atoms with Crippen LogP contribution >= 0.6 is 23.2 Å². The fraction of sp³-hybridized carbons (Fsp3) is 0.316. The Balaban J connectivity index is 1.65. The third-order valence-corrected chi connectivity index (χ3v) is 6.23. The molecule has 1 unspecified atom stereocenters. The number of nitrogens with one attached hydrogen (secondary N) is 1. The fourth-order valence-electron chi connectivity index (χ4n) is 2.83. The Morgan fingerprint density at radius 2 is 1.90 bits per heavy atom. The number of hydrogen-bond donors (Lipinski definition) is 1. The lowest BCUT2D eigenvalue weighted by molar-refractivity contribution is 0.105. The summed E-state index contributed by atoms with van der Waals surface area (Å²) in [6, 6.07) is 11.9. The first kappa shape index (κ1) is 21.5. The van der Waals surface area contributed by atoms with Crippen LogP contribution in [0.15, 0.2) is 42.5 Å². The number of alkyl carbamates (subject to hydrolysis) is 1. The Labute approximate surface area is 179 Å². The number of ether oxygens (including phenoxy) is 2. The minimum Gasteiger partial charge on any atom is -0.490 e. The van der Waals surface area contributed by atoms with E-state index in [1.54, 1.807) is 36.4 Å². The van der Waals surface area contributed by atoms with Gasteiger partial charge in [-0.05, 0) is 48.4 Å².